The normalized spacial score (nSPS) is 18.7. The van der Waals surface area contributed by atoms with Gasteiger partial charge in [0, 0.05) is 29.7 Å². The van der Waals surface area contributed by atoms with Crippen LogP contribution in [0.5, 0.6) is 5.75 Å². The van der Waals surface area contributed by atoms with E-state index in [4.69, 9.17) is 9.72 Å². The van der Waals surface area contributed by atoms with Crippen molar-refractivity contribution in [2.24, 2.45) is 0 Å². The van der Waals surface area contributed by atoms with Crippen molar-refractivity contribution in [1.29, 1.82) is 0 Å². The molecule has 1 fully saturated rings. The standard InChI is InChI=1S/C33H33F3N8O5S/c1-17-14-21(33(34,35)36)4-5-22(17)39-23(45)15-43-26-19(3)50-32(8-10-42(11-9-32)30(48)25-27(46)18(2)37-16-38-25)24(26)29(47)44-31(43)40-28(41-44)20-6-12-49-13-7-20/h4-6,14,16,19,46H,7-13,15H2,1-3H3,(H,39,45). The highest BCUT2D eigenvalue weighted by atomic mass is 32.2. The molecular weight excluding hydrogens is 677 g/mol. The van der Waals surface area contributed by atoms with Gasteiger partial charge >= 0.3 is 6.18 Å². The Morgan fingerprint density at radius 1 is 1.18 bits per heavy atom. The van der Waals surface area contributed by atoms with E-state index in [9.17, 15) is 32.7 Å². The van der Waals surface area contributed by atoms with E-state index in [2.05, 4.69) is 20.4 Å². The van der Waals surface area contributed by atoms with Crippen molar-refractivity contribution in [3.63, 3.8) is 0 Å². The zero-order valence-electron chi connectivity index (χ0n) is 27.4. The maximum Gasteiger partial charge on any atom is 0.416 e. The number of fused-ring (bicyclic) bond motifs is 3. The lowest BCUT2D eigenvalue weighted by molar-refractivity contribution is -0.137. The molecule has 17 heteroatoms. The predicted octanol–water partition coefficient (Wildman–Crippen LogP) is 4.40. The Morgan fingerprint density at radius 2 is 1.94 bits per heavy atom. The number of aromatic nitrogens is 6. The Bertz CT molecular complexity index is 2140. The van der Waals surface area contributed by atoms with E-state index < -0.39 is 28.3 Å². The Labute approximate surface area is 287 Å². The molecule has 7 rings (SSSR count). The number of alkyl halides is 3. The molecule has 4 aromatic rings. The number of ether oxygens (including phenoxy) is 1. The van der Waals surface area contributed by atoms with Crippen molar-refractivity contribution in [3.05, 3.63) is 80.6 Å². The number of halogens is 3. The van der Waals surface area contributed by atoms with Crippen LogP contribution in [0.3, 0.4) is 0 Å². The number of nitrogens with one attached hydrogen (secondary N) is 1. The van der Waals surface area contributed by atoms with E-state index in [1.54, 1.807) is 28.2 Å². The summed E-state index contributed by atoms with van der Waals surface area (Å²) in [6.07, 6.45) is -0.0837. The smallest absolute Gasteiger partial charge is 0.416 e. The van der Waals surface area contributed by atoms with Crippen molar-refractivity contribution in [2.75, 3.05) is 31.6 Å². The number of hydrogen-bond donors (Lipinski definition) is 2. The van der Waals surface area contributed by atoms with Crippen LogP contribution in [0.15, 0.2) is 35.4 Å². The van der Waals surface area contributed by atoms with Gasteiger partial charge < -0.3 is 24.6 Å². The summed E-state index contributed by atoms with van der Waals surface area (Å²) < 4.78 is 47.4. The van der Waals surface area contributed by atoms with Crippen molar-refractivity contribution in [2.45, 2.75) is 62.8 Å². The first kappa shape index (κ1) is 33.7. The molecule has 262 valence electrons. The molecule has 1 spiro atoms. The minimum Gasteiger partial charge on any atom is -0.504 e. The van der Waals surface area contributed by atoms with Crippen molar-refractivity contribution in [1.82, 2.24) is 34.0 Å². The first-order chi connectivity index (χ1) is 23.8. The van der Waals surface area contributed by atoms with E-state index in [1.807, 2.05) is 13.0 Å². The van der Waals surface area contributed by atoms with E-state index in [0.29, 0.717) is 49.6 Å². The van der Waals surface area contributed by atoms with Gasteiger partial charge in [0.1, 0.15) is 12.9 Å². The summed E-state index contributed by atoms with van der Waals surface area (Å²) in [5.74, 6) is -0.718. The molecule has 0 bridgehead atoms. The van der Waals surface area contributed by atoms with Crippen LogP contribution in [0.25, 0.3) is 11.4 Å². The third-order valence-corrected chi connectivity index (χ3v) is 11.1. The van der Waals surface area contributed by atoms with Gasteiger partial charge in [-0.3, -0.25) is 14.4 Å². The minimum atomic E-state index is -4.52. The maximum absolute atomic E-state index is 14.4. The minimum absolute atomic E-state index is 0.0859. The first-order valence-corrected chi connectivity index (χ1v) is 16.9. The zero-order valence-corrected chi connectivity index (χ0v) is 28.2. The van der Waals surface area contributed by atoms with Crippen LogP contribution in [-0.4, -0.2) is 77.3 Å². The first-order valence-electron chi connectivity index (χ1n) is 16.0. The number of nitrogens with zero attached hydrogens (tertiary/aromatic N) is 7. The molecule has 6 heterocycles. The number of anilines is 1. The SMILES string of the molecule is Cc1cc(C(F)(F)F)ccc1NC(=O)Cn1c2c(c(=O)n3nc(C4=CCOCC4)nc13)C1(CCN(C(=O)c3ncnc(C)c3O)CC1)SC2C. The molecule has 3 aliphatic heterocycles. The zero-order chi connectivity index (χ0) is 35.5. The second-order valence-electron chi connectivity index (χ2n) is 12.6. The van der Waals surface area contributed by atoms with Crippen molar-refractivity contribution >= 4 is 40.6 Å². The van der Waals surface area contributed by atoms with E-state index >= 15 is 0 Å². The summed E-state index contributed by atoms with van der Waals surface area (Å²) in [6, 6.07) is 3.11. The van der Waals surface area contributed by atoms with Gasteiger partial charge in [0.2, 0.25) is 11.7 Å². The quantitative estimate of drug-likeness (QED) is 0.304. The molecule has 3 aromatic heterocycles. The number of carbonyl (C=O) groups excluding carboxylic acids is 2. The van der Waals surface area contributed by atoms with Crippen LogP contribution in [0, 0.1) is 13.8 Å². The molecule has 2 amide bonds. The summed E-state index contributed by atoms with van der Waals surface area (Å²) in [7, 11) is 0. The number of benzene rings is 1. The number of likely N-dealkylation sites (tertiary alicyclic amines) is 1. The van der Waals surface area contributed by atoms with E-state index in [1.165, 1.54) is 23.8 Å². The Kier molecular flexibility index (Phi) is 8.45. The molecule has 1 saturated heterocycles. The number of rotatable bonds is 5. The van der Waals surface area contributed by atoms with E-state index in [-0.39, 0.29) is 64.6 Å². The van der Waals surface area contributed by atoms with Gasteiger partial charge in [-0.15, -0.1) is 16.9 Å². The molecule has 50 heavy (non-hydrogen) atoms. The Morgan fingerprint density at radius 3 is 2.62 bits per heavy atom. The van der Waals surface area contributed by atoms with Gasteiger partial charge in [-0.05, 0) is 69.4 Å². The lowest BCUT2D eigenvalue weighted by Crippen LogP contribution is -2.45. The summed E-state index contributed by atoms with van der Waals surface area (Å²) in [5, 5.41) is 17.5. The van der Waals surface area contributed by atoms with Crippen LogP contribution < -0.4 is 10.9 Å². The summed E-state index contributed by atoms with van der Waals surface area (Å²) in [6.45, 7) is 6.12. The molecule has 2 N–H and O–H groups in total. The number of amides is 2. The van der Waals surface area contributed by atoms with Crippen molar-refractivity contribution < 1.29 is 32.6 Å². The van der Waals surface area contributed by atoms with Gasteiger partial charge in [-0.25, -0.2) is 9.97 Å². The molecule has 0 aliphatic carbocycles. The van der Waals surface area contributed by atoms with Crippen LogP contribution in [0.2, 0.25) is 0 Å². The largest absolute Gasteiger partial charge is 0.504 e. The molecule has 0 saturated carbocycles. The fraction of sp³-hybridized carbons (Fsp3) is 0.424. The molecule has 13 nitrogen and oxygen atoms in total. The lowest BCUT2D eigenvalue weighted by atomic mass is 9.87. The van der Waals surface area contributed by atoms with Gasteiger partial charge in [-0.1, -0.05) is 6.08 Å². The molecule has 1 aromatic carbocycles. The number of aryl methyl sites for hydroxylation is 2. The molecule has 1 unspecified atom stereocenters. The summed E-state index contributed by atoms with van der Waals surface area (Å²) >= 11 is 1.58. The number of piperidine rings is 1. The van der Waals surface area contributed by atoms with Gasteiger partial charge in [0.25, 0.3) is 11.5 Å². The average molecular weight is 711 g/mol. The Hall–Kier alpha value is -4.77. The highest BCUT2D eigenvalue weighted by molar-refractivity contribution is 8.00. The maximum atomic E-state index is 14.4. The van der Waals surface area contributed by atoms with Crippen LogP contribution in [0.1, 0.15) is 75.8 Å². The van der Waals surface area contributed by atoms with Crippen molar-refractivity contribution in [3.8, 4) is 5.75 Å². The number of hydrogen-bond acceptors (Lipinski definition) is 10. The summed E-state index contributed by atoms with van der Waals surface area (Å²) in [5.41, 5.74) is 1.39. The van der Waals surface area contributed by atoms with Crippen LogP contribution in [-0.2, 0) is 27.0 Å². The second-order valence-corrected chi connectivity index (χ2v) is 14.4. The lowest BCUT2D eigenvalue weighted by Gasteiger charge is -2.39. The van der Waals surface area contributed by atoms with Crippen LogP contribution >= 0.6 is 11.8 Å². The third-order valence-electron chi connectivity index (χ3n) is 9.47. The van der Waals surface area contributed by atoms with Gasteiger partial charge in [-0.2, -0.15) is 22.7 Å². The second kappa shape index (κ2) is 12.5. The molecule has 1 atom stereocenters. The topological polar surface area (TPSA) is 157 Å². The monoisotopic (exact) mass is 710 g/mol. The number of carbonyl (C=O) groups is 2. The summed E-state index contributed by atoms with van der Waals surface area (Å²) in [4.78, 5) is 55.7. The van der Waals surface area contributed by atoms with Gasteiger partial charge in [0.15, 0.2) is 17.3 Å². The van der Waals surface area contributed by atoms with Gasteiger partial charge in [0.05, 0.1) is 34.8 Å². The number of thioether (sulfide) groups is 1. The van der Waals surface area contributed by atoms with Crippen LogP contribution in [0.4, 0.5) is 18.9 Å². The fourth-order valence-electron chi connectivity index (χ4n) is 6.92. The van der Waals surface area contributed by atoms with E-state index in [0.717, 1.165) is 17.7 Å². The highest BCUT2D eigenvalue weighted by Gasteiger charge is 2.50. The predicted molar refractivity (Wildman–Crippen MR) is 177 cm³/mol. The third kappa shape index (κ3) is 5.81. The Balaban J connectivity index is 1.26. The highest BCUT2D eigenvalue weighted by Crippen LogP contribution is 2.58. The fourth-order valence-corrected chi connectivity index (χ4v) is 8.69. The average Bonchev–Trinajstić information content (AvgIpc) is 3.65. The number of aromatic hydroxyl groups is 1. The molecular formula is C33H33F3N8O5S. The molecule has 3 aliphatic rings. The molecule has 0 radical (unpaired) electrons.